The van der Waals surface area contributed by atoms with Crippen LogP contribution in [0.3, 0.4) is 0 Å². The van der Waals surface area contributed by atoms with E-state index in [1.807, 2.05) is 6.92 Å². The van der Waals surface area contributed by atoms with Gasteiger partial charge >= 0.3 is 6.03 Å². The molecular formula is C13H15N3O3S. The lowest BCUT2D eigenvalue weighted by Gasteiger charge is -2.00. The number of hydrogen-bond acceptors (Lipinski definition) is 5. The van der Waals surface area contributed by atoms with Crippen molar-refractivity contribution in [3.8, 4) is 5.75 Å². The van der Waals surface area contributed by atoms with Gasteiger partial charge in [0.1, 0.15) is 5.75 Å². The van der Waals surface area contributed by atoms with Crippen LogP contribution in [0, 0.1) is 0 Å². The lowest BCUT2D eigenvalue weighted by molar-refractivity contribution is 0.0989. The average Bonchev–Trinajstić information content (AvgIpc) is 2.78. The summed E-state index contributed by atoms with van der Waals surface area (Å²) in [5.41, 5.74) is 0.933. The maximum Gasteiger partial charge on any atom is 0.321 e. The Morgan fingerprint density at radius 3 is 2.75 bits per heavy atom. The van der Waals surface area contributed by atoms with Crippen LogP contribution in [-0.2, 0) is 0 Å². The predicted molar refractivity (Wildman–Crippen MR) is 78.6 cm³/mol. The van der Waals surface area contributed by atoms with Gasteiger partial charge in [0.05, 0.1) is 10.2 Å². The van der Waals surface area contributed by atoms with Gasteiger partial charge in [0.15, 0.2) is 10.9 Å². The Balaban J connectivity index is 2.42. The van der Waals surface area contributed by atoms with Gasteiger partial charge in [0, 0.05) is 24.6 Å². The highest BCUT2D eigenvalue weighted by Crippen LogP contribution is 2.32. The fourth-order valence-corrected chi connectivity index (χ4v) is 2.74. The van der Waals surface area contributed by atoms with Crippen LogP contribution in [0.2, 0.25) is 0 Å². The van der Waals surface area contributed by atoms with Crippen molar-refractivity contribution < 1.29 is 14.7 Å². The Kier molecular flexibility index (Phi) is 4.19. The summed E-state index contributed by atoms with van der Waals surface area (Å²) in [5.74, 6) is -0.0803. The molecule has 3 N–H and O–H groups in total. The van der Waals surface area contributed by atoms with Gasteiger partial charge in [-0.25, -0.2) is 9.78 Å². The molecule has 0 fully saturated rings. The molecule has 1 aromatic carbocycles. The summed E-state index contributed by atoms with van der Waals surface area (Å²) in [6.07, 6.45) is 0.343. The standard InChI is InChI=1S/C13H15N3O3S/c1-3-10(18)8-5-7(17)6-9-11(8)20-13(15-9)16-12(19)14-4-2/h5-6,17H,3-4H2,1-2H3,(H2,14,15,16,19). The van der Waals surface area contributed by atoms with Crippen molar-refractivity contribution in [2.75, 3.05) is 11.9 Å². The van der Waals surface area contributed by atoms with Crippen molar-refractivity contribution in [2.45, 2.75) is 20.3 Å². The third-order valence-electron chi connectivity index (χ3n) is 2.65. The zero-order valence-corrected chi connectivity index (χ0v) is 12.0. The largest absolute Gasteiger partial charge is 0.508 e. The van der Waals surface area contributed by atoms with Gasteiger partial charge in [-0.15, -0.1) is 0 Å². The molecule has 2 amide bonds. The van der Waals surface area contributed by atoms with E-state index in [0.717, 1.165) is 0 Å². The van der Waals surface area contributed by atoms with E-state index < -0.39 is 0 Å². The highest BCUT2D eigenvalue weighted by Gasteiger charge is 2.15. The van der Waals surface area contributed by atoms with E-state index in [-0.39, 0.29) is 17.6 Å². The van der Waals surface area contributed by atoms with E-state index in [4.69, 9.17) is 0 Å². The smallest absolute Gasteiger partial charge is 0.321 e. The monoisotopic (exact) mass is 293 g/mol. The SMILES string of the molecule is CCNC(=O)Nc1nc2cc(O)cc(C(=O)CC)c2s1. The number of thiazole rings is 1. The number of phenolic OH excluding ortho intramolecular Hbond substituents is 1. The number of fused-ring (bicyclic) bond motifs is 1. The van der Waals surface area contributed by atoms with Gasteiger partial charge in [0.2, 0.25) is 0 Å². The number of carbonyl (C=O) groups excluding carboxylic acids is 2. The molecule has 1 heterocycles. The Bertz CT molecular complexity index is 666. The second-order valence-corrected chi connectivity index (χ2v) is 5.12. The molecule has 20 heavy (non-hydrogen) atoms. The first-order valence-corrected chi connectivity index (χ1v) is 7.08. The first-order chi connectivity index (χ1) is 9.55. The Labute approximate surface area is 119 Å². The molecule has 0 bridgehead atoms. The highest BCUT2D eigenvalue weighted by atomic mass is 32.1. The van der Waals surface area contributed by atoms with Crippen LogP contribution in [-0.4, -0.2) is 28.4 Å². The lowest BCUT2D eigenvalue weighted by atomic mass is 10.1. The normalized spacial score (nSPS) is 10.5. The van der Waals surface area contributed by atoms with E-state index in [9.17, 15) is 14.7 Å². The van der Waals surface area contributed by atoms with E-state index in [1.165, 1.54) is 23.5 Å². The van der Waals surface area contributed by atoms with Gasteiger partial charge in [-0.3, -0.25) is 10.1 Å². The fourth-order valence-electron chi connectivity index (χ4n) is 1.77. The van der Waals surface area contributed by atoms with Crippen molar-refractivity contribution >= 4 is 38.5 Å². The summed E-state index contributed by atoms with van der Waals surface area (Å²) < 4.78 is 0.668. The van der Waals surface area contributed by atoms with Crippen LogP contribution < -0.4 is 10.6 Å². The first-order valence-electron chi connectivity index (χ1n) is 6.26. The number of phenols is 1. The zero-order chi connectivity index (χ0) is 14.7. The number of aromatic nitrogens is 1. The second-order valence-electron chi connectivity index (χ2n) is 4.12. The molecular weight excluding hydrogens is 278 g/mol. The number of urea groups is 1. The number of hydrogen-bond donors (Lipinski definition) is 3. The Morgan fingerprint density at radius 2 is 2.10 bits per heavy atom. The Hall–Kier alpha value is -2.15. The minimum atomic E-state index is -0.348. The third kappa shape index (κ3) is 2.88. The number of anilines is 1. The number of rotatable bonds is 4. The molecule has 0 radical (unpaired) electrons. The topological polar surface area (TPSA) is 91.3 Å². The van der Waals surface area contributed by atoms with Crippen LogP contribution in [0.25, 0.3) is 10.2 Å². The molecule has 0 aliphatic heterocycles. The average molecular weight is 293 g/mol. The first kappa shape index (κ1) is 14.3. The van der Waals surface area contributed by atoms with Crippen molar-refractivity contribution in [2.24, 2.45) is 0 Å². The summed E-state index contributed by atoms with van der Waals surface area (Å²) in [4.78, 5) is 27.5. The molecule has 106 valence electrons. The molecule has 0 atom stereocenters. The maximum absolute atomic E-state index is 11.9. The van der Waals surface area contributed by atoms with Crippen LogP contribution >= 0.6 is 11.3 Å². The summed E-state index contributed by atoms with van der Waals surface area (Å²) >= 11 is 1.22. The number of benzene rings is 1. The number of amides is 2. The summed E-state index contributed by atoms with van der Waals surface area (Å²) in [6.45, 7) is 4.08. The number of carbonyl (C=O) groups is 2. The zero-order valence-electron chi connectivity index (χ0n) is 11.2. The van der Waals surface area contributed by atoms with Gasteiger partial charge in [-0.1, -0.05) is 18.3 Å². The summed E-state index contributed by atoms with van der Waals surface area (Å²) in [6, 6.07) is 2.56. The fraction of sp³-hybridized carbons (Fsp3) is 0.308. The highest BCUT2D eigenvalue weighted by molar-refractivity contribution is 7.22. The number of nitrogens with zero attached hydrogens (tertiary/aromatic N) is 1. The molecule has 0 spiro atoms. The van der Waals surface area contributed by atoms with Crippen LogP contribution in [0.1, 0.15) is 30.6 Å². The molecule has 2 rings (SSSR count). The van der Waals surface area contributed by atoms with Gasteiger partial charge in [0.25, 0.3) is 0 Å². The summed E-state index contributed by atoms with van der Waals surface area (Å²) in [5, 5.41) is 15.2. The minimum Gasteiger partial charge on any atom is -0.508 e. The predicted octanol–water partition coefficient (Wildman–Crippen LogP) is 2.74. The molecule has 7 heteroatoms. The molecule has 2 aromatic rings. The van der Waals surface area contributed by atoms with E-state index in [1.54, 1.807) is 6.92 Å². The molecule has 0 saturated carbocycles. The number of ketones is 1. The van der Waals surface area contributed by atoms with E-state index >= 15 is 0 Å². The third-order valence-corrected chi connectivity index (χ3v) is 3.67. The van der Waals surface area contributed by atoms with Crippen molar-refractivity contribution in [3.05, 3.63) is 17.7 Å². The lowest BCUT2D eigenvalue weighted by Crippen LogP contribution is -2.28. The van der Waals surface area contributed by atoms with Gasteiger partial charge < -0.3 is 10.4 Å². The van der Waals surface area contributed by atoms with E-state index in [2.05, 4.69) is 15.6 Å². The van der Waals surface area contributed by atoms with Crippen molar-refractivity contribution in [1.29, 1.82) is 0 Å². The van der Waals surface area contributed by atoms with Crippen LogP contribution in [0.5, 0.6) is 5.75 Å². The molecule has 1 aromatic heterocycles. The number of nitrogens with one attached hydrogen (secondary N) is 2. The van der Waals surface area contributed by atoms with Crippen molar-refractivity contribution in [3.63, 3.8) is 0 Å². The minimum absolute atomic E-state index is 0.0100. The van der Waals surface area contributed by atoms with Crippen LogP contribution in [0.15, 0.2) is 12.1 Å². The number of aromatic hydroxyl groups is 1. The van der Waals surface area contributed by atoms with Crippen molar-refractivity contribution in [1.82, 2.24) is 10.3 Å². The number of Topliss-reactive ketones (excluding diaryl/α,β-unsaturated/α-hetero) is 1. The Morgan fingerprint density at radius 1 is 1.35 bits per heavy atom. The molecule has 0 saturated heterocycles. The van der Waals surface area contributed by atoms with Gasteiger partial charge in [-0.2, -0.15) is 0 Å². The molecule has 0 unspecified atom stereocenters. The maximum atomic E-state index is 11.9. The second kappa shape index (κ2) is 5.87. The molecule has 0 aliphatic rings. The summed E-state index contributed by atoms with van der Waals surface area (Å²) in [7, 11) is 0. The van der Waals surface area contributed by atoms with Crippen LogP contribution in [0.4, 0.5) is 9.93 Å². The molecule has 0 aliphatic carbocycles. The van der Waals surface area contributed by atoms with Gasteiger partial charge in [-0.05, 0) is 13.0 Å². The van der Waals surface area contributed by atoms with E-state index in [0.29, 0.717) is 33.9 Å². The molecule has 6 nitrogen and oxygen atoms in total. The quantitative estimate of drug-likeness (QED) is 0.756.